The molecule has 0 aliphatic heterocycles. The molecule has 2 aromatic rings. The quantitative estimate of drug-likeness (QED) is 0.790. The standard InChI is InChI=1S/C16H15Cl2NO/c17-12-8-14(19)16(9-13(12)18)20-15-7-3-5-10-4-1-2-6-11(10)15/h1-2,4,6,8-9,15H,3,5,7,19H2. The molecule has 20 heavy (non-hydrogen) atoms. The molecule has 3 rings (SSSR count). The van der Waals surface area contributed by atoms with Gasteiger partial charge in [0.1, 0.15) is 11.9 Å². The molecule has 1 atom stereocenters. The summed E-state index contributed by atoms with van der Waals surface area (Å²) in [5.74, 6) is 0.598. The Morgan fingerprint density at radius 2 is 1.85 bits per heavy atom. The number of anilines is 1. The van der Waals surface area contributed by atoms with Gasteiger partial charge in [0, 0.05) is 6.07 Å². The van der Waals surface area contributed by atoms with Crippen molar-refractivity contribution in [1.29, 1.82) is 0 Å². The fourth-order valence-corrected chi connectivity index (χ4v) is 2.96. The summed E-state index contributed by atoms with van der Waals surface area (Å²) in [5, 5.41) is 0.903. The first-order valence-corrected chi connectivity index (χ1v) is 7.39. The van der Waals surface area contributed by atoms with Crippen LogP contribution in [-0.4, -0.2) is 0 Å². The average Bonchev–Trinajstić information content (AvgIpc) is 2.45. The van der Waals surface area contributed by atoms with Crippen molar-refractivity contribution in [1.82, 2.24) is 0 Å². The third-order valence-electron chi connectivity index (χ3n) is 3.64. The van der Waals surface area contributed by atoms with Gasteiger partial charge in [-0.1, -0.05) is 47.5 Å². The number of rotatable bonds is 2. The zero-order chi connectivity index (χ0) is 14.1. The normalized spacial score (nSPS) is 17.6. The second kappa shape index (κ2) is 5.55. The summed E-state index contributed by atoms with van der Waals surface area (Å²) in [6.07, 6.45) is 3.23. The highest BCUT2D eigenvalue weighted by atomic mass is 35.5. The van der Waals surface area contributed by atoms with Crippen molar-refractivity contribution in [2.24, 2.45) is 0 Å². The number of nitrogens with two attached hydrogens (primary N) is 1. The maximum Gasteiger partial charge on any atom is 0.144 e. The van der Waals surface area contributed by atoms with Crippen LogP contribution in [0.25, 0.3) is 0 Å². The van der Waals surface area contributed by atoms with Crippen LogP contribution in [-0.2, 0) is 6.42 Å². The number of halogens is 2. The highest BCUT2D eigenvalue weighted by molar-refractivity contribution is 6.42. The lowest BCUT2D eigenvalue weighted by molar-refractivity contribution is 0.184. The fourth-order valence-electron chi connectivity index (χ4n) is 2.63. The molecule has 4 heteroatoms. The maximum atomic E-state index is 6.08. The van der Waals surface area contributed by atoms with Crippen molar-refractivity contribution in [3.63, 3.8) is 0 Å². The molecule has 0 fully saturated rings. The number of benzene rings is 2. The maximum absolute atomic E-state index is 6.08. The van der Waals surface area contributed by atoms with E-state index in [1.165, 1.54) is 11.1 Å². The van der Waals surface area contributed by atoms with Gasteiger partial charge in [-0.05, 0) is 36.5 Å². The van der Waals surface area contributed by atoms with Gasteiger partial charge in [-0.2, -0.15) is 0 Å². The lowest BCUT2D eigenvalue weighted by atomic mass is 9.89. The summed E-state index contributed by atoms with van der Waals surface area (Å²) in [5.41, 5.74) is 9.06. The van der Waals surface area contributed by atoms with Gasteiger partial charge in [-0.25, -0.2) is 0 Å². The Balaban J connectivity index is 1.91. The lowest BCUT2D eigenvalue weighted by Gasteiger charge is -2.27. The second-order valence-corrected chi connectivity index (χ2v) is 5.82. The number of hydrogen-bond acceptors (Lipinski definition) is 2. The van der Waals surface area contributed by atoms with E-state index in [9.17, 15) is 0 Å². The van der Waals surface area contributed by atoms with Crippen LogP contribution in [0, 0.1) is 0 Å². The minimum atomic E-state index is 0.0273. The molecule has 0 saturated carbocycles. The SMILES string of the molecule is Nc1cc(Cl)c(Cl)cc1OC1CCCc2ccccc21. The van der Waals surface area contributed by atoms with Crippen molar-refractivity contribution in [3.05, 3.63) is 57.6 Å². The average molecular weight is 308 g/mol. The molecule has 0 aromatic heterocycles. The summed E-state index contributed by atoms with van der Waals surface area (Å²) < 4.78 is 6.08. The van der Waals surface area contributed by atoms with E-state index in [-0.39, 0.29) is 6.10 Å². The molecule has 0 bridgehead atoms. The van der Waals surface area contributed by atoms with Crippen molar-refractivity contribution in [2.45, 2.75) is 25.4 Å². The monoisotopic (exact) mass is 307 g/mol. The highest BCUT2D eigenvalue weighted by Gasteiger charge is 2.22. The van der Waals surface area contributed by atoms with E-state index in [2.05, 4.69) is 18.2 Å². The minimum absolute atomic E-state index is 0.0273. The topological polar surface area (TPSA) is 35.2 Å². The van der Waals surface area contributed by atoms with Gasteiger partial charge in [0.05, 0.1) is 15.7 Å². The van der Waals surface area contributed by atoms with E-state index in [4.69, 9.17) is 33.7 Å². The summed E-state index contributed by atoms with van der Waals surface area (Å²) in [6, 6.07) is 11.7. The number of ether oxygens (including phenoxy) is 1. The van der Waals surface area contributed by atoms with Crippen LogP contribution in [0.5, 0.6) is 5.75 Å². The lowest BCUT2D eigenvalue weighted by Crippen LogP contribution is -2.15. The Hall–Kier alpha value is -1.38. The first-order valence-electron chi connectivity index (χ1n) is 6.64. The first kappa shape index (κ1) is 13.6. The van der Waals surface area contributed by atoms with Crippen molar-refractivity contribution < 1.29 is 4.74 Å². The van der Waals surface area contributed by atoms with Gasteiger partial charge in [0.25, 0.3) is 0 Å². The van der Waals surface area contributed by atoms with Gasteiger partial charge in [0.15, 0.2) is 0 Å². The number of fused-ring (bicyclic) bond motifs is 1. The van der Waals surface area contributed by atoms with Gasteiger partial charge in [0.2, 0.25) is 0 Å². The molecule has 0 heterocycles. The predicted molar refractivity (Wildman–Crippen MR) is 83.6 cm³/mol. The molecule has 2 nitrogen and oxygen atoms in total. The van der Waals surface area contributed by atoms with E-state index >= 15 is 0 Å². The molecule has 1 unspecified atom stereocenters. The van der Waals surface area contributed by atoms with Gasteiger partial charge < -0.3 is 10.5 Å². The molecule has 0 amide bonds. The summed E-state index contributed by atoms with van der Waals surface area (Å²) >= 11 is 12.0. The van der Waals surface area contributed by atoms with E-state index in [0.717, 1.165) is 19.3 Å². The molecule has 104 valence electrons. The van der Waals surface area contributed by atoms with Crippen LogP contribution in [0.2, 0.25) is 10.0 Å². The molecule has 0 spiro atoms. The molecule has 2 aromatic carbocycles. The largest absolute Gasteiger partial charge is 0.484 e. The highest BCUT2D eigenvalue weighted by Crippen LogP contribution is 2.38. The number of hydrogen-bond donors (Lipinski definition) is 1. The van der Waals surface area contributed by atoms with Crippen molar-refractivity contribution >= 4 is 28.9 Å². The van der Waals surface area contributed by atoms with Crippen molar-refractivity contribution in [3.8, 4) is 5.75 Å². The Labute approximate surface area is 128 Å². The number of nitrogen functional groups attached to an aromatic ring is 1. The molecule has 1 aliphatic rings. The van der Waals surface area contributed by atoms with E-state index in [0.29, 0.717) is 21.5 Å². The van der Waals surface area contributed by atoms with E-state index in [1.807, 2.05) is 6.07 Å². The Morgan fingerprint density at radius 1 is 1.10 bits per heavy atom. The zero-order valence-electron chi connectivity index (χ0n) is 10.9. The molecular weight excluding hydrogens is 293 g/mol. The van der Waals surface area contributed by atoms with Crippen LogP contribution in [0.3, 0.4) is 0 Å². The molecular formula is C16H15Cl2NO. The third-order valence-corrected chi connectivity index (χ3v) is 4.36. The van der Waals surface area contributed by atoms with Crippen LogP contribution >= 0.6 is 23.2 Å². The van der Waals surface area contributed by atoms with E-state index < -0.39 is 0 Å². The van der Waals surface area contributed by atoms with Crippen LogP contribution in [0.4, 0.5) is 5.69 Å². The first-order chi connectivity index (χ1) is 9.65. The van der Waals surface area contributed by atoms with Gasteiger partial charge in [-0.15, -0.1) is 0 Å². The zero-order valence-corrected chi connectivity index (χ0v) is 12.4. The summed E-state index contributed by atoms with van der Waals surface area (Å²) in [6.45, 7) is 0. The molecule has 1 aliphatic carbocycles. The fraction of sp³-hybridized carbons (Fsp3) is 0.250. The second-order valence-electron chi connectivity index (χ2n) is 5.00. The summed E-state index contributed by atoms with van der Waals surface area (Å²) in [7, 11) is 0. The third kappa shape index (κ3) is 2.58. The smallest absolute Gasteiger partial charge is 0.144 e. The minimum Gasteiger partial charge on any atom is -0.484 e. The van der Waals surface area contributed by atoms with Crippen LogP contribution < -0.4 is 10.5 Å². The Bertz CT molecular complexity index is 642. The Morgan fingerprint density at radius 3 is 2.70 bits per heavy atom. The van der Waals surface area contributed by atoms with Gasteiger partial charge >= 0.3 is 0 Å². The van der Waals surface area contributed by atoms with Crippen molar-refractivity contribution in [2.75, 3.05) is 5.73 Å². The Kier molecular flexibility index (Phi) is 3.77. The van der Waals surface area contributed by atoms with E-state index in [1.54, 1.807) is 12.1 Å². The summed E-state index contributed by atoms with van der Waals surface area (Å²) in [4.78, 5) is 0. The van der Waals surface area contributed by atoms with Gasteiger partial charge in [-0.3, -0.25) is 0 Å². The van der Waals surface area contributed by atoms with Crippen LogP contribution in [0.15, 0.2) is 36.4 Å². The molecule has 2 N–H and O–H groups in total. The van der Waals surface area contributed by atoms with Crippen LogP contribution in [0.1, 0.15) is 30.1 Å². The molecule has 0 saturated heterocycles. The number of aryl methyl sites for hydroxylation is 1. The predicted octanol–water partition coefficient (Wildman–Crippen LogP) is 5.03. The molecule has 0 radical (unpaired) electrons.